The molecule has 0 radical (unpaired) electrons. The molecule has 0 N–H and O–H groups in total. The third kappa shape index (κ3) is 3.84. The first kappa shape index (κ1) is 17.8. The van der Waals surface area contributed by atoms with Gasteiger partial charge in [-0.05, 0) is 50.4 Å². The molecule has 2 atom stereocenters. The minimum atomic E-state index is -0.357. The summed E-state index contributed by atoms with van der Waals surface area (Å²) in [5, 5.41) is 0. The van der Waals surface area contributed by atoms with Crippen LogP contribution in [-0.2, 0) is 14.3 Å². The Balaban J connectivity index is 2.16. The number of ether oxygens (including phenoxy) is 2. The molecule has 128 valence electrons. The van der Waals surface area contributed by atoms with E-state index in [0.29, 0.717) is 18.4 Å². The molecule has 0 aromatic heterocycles. The molecule has 0 saturated heterocycles. The van der Waals surface area contributed by atoms with Crippen LogP contribution in [0.3, 0.4) is 0 Å². The quantitative estimate of drug-likeness (QED) is 0.638. The molecule has 2 fully saturated rings. The van der Waals surface area contributed by atoms with E-state index in [1.165, 1.54) is 32.1 Å². The van der Waals surface area contributed by atoms with Crippen LogP contribution in [0.25, 0.3) is 0 Å². The molecule has 2 aliphatic rings. The van der Waals surface area contributed by atoms with Gasteiger partial charge in [-0.15, -0.1) is 0 Å². The lowest BCUT2D eigenvalue weighted by molar-refractivity contribution is -0.173. The molecule has 2 aliphatic carbocycles. The van der Waals surface area contributed by atoms with Gasteiger partial charge in [-0.1, -0.05) is 40.0 Å². The number of carbonyl (C=O) groups is 1. The smallest absolute Gasteiger partial charge is 0.315 e. The Bertz CT molecular complexity index is 347. The van der Waals surface area contributed by atoms with Crippen molar-refractivity contribution in [3.05, 3.63) is 0 Å². The van der Waals surface area contributed by atoms with Crippen LogP contribution >= 0.6 is 0 Å². The van der Waals surface area contributed by atoms with E-state index < -0.39 is 0 Å². The minimum absolute atomic E-state index is 0.0340. The highest BCUT2D eigenvalue weighted by molar-refractivity contribution is 5.78. The Kier molecular flexibility index (Phi) is 6.73. The highest BCUT2D eigenvalue weighted by Gasteiger charge is 2.55. The fraction of sp³-hybridized carbons (Fsp3) is 0.947. The first-order chi connectivity index (χ1) is 10.6. The highest BCUT2D eigenvalue weighted by Crippen LogP contribution is 2.52. The molecule has 0 spiro atoms. The van der Waals surface area contributed by atoms with Crippen LogP contribution in [0, 0.1) is 17.3 Å². The molecule has 3 nitrogen and oxygen atoms in total. The molecule has 2 saturated carbocycles. The zero-order chi connectivity index (χ0) is 16.0. The van der Waals surface area contributed by atoms with Crippen molar-refractivity contribution < 1.29 is 14.3 Å². The monoisotopic (exact) mass is 310 g/mol. The number of carbonyl (C=O) groups excluding carboxylic acids is 1. The van der Waals surface area contributed by atoms with E-state index in [4.69, 9.17) is 9.47 Å². The SMILES string of the molecule is CCCOC1CCCC1(C(=O)OCC(C)C)C1CCCCC1. The summed E-state index contributed by atoms with van der Waals surface area (Å²) in [6.45, 7) is 7.62. The maximum atomic E-state index is 13.0. The van der Waals surface area contributed by atoms with Crippen LogP contribution in [-0.4, -0.2) is 25.3 Å². The van der Waals surface area contributed by atoms with Gasteiger partial charge in [0, 0.05) is 6.61 Å². The van der Waals surface area contributed by atoms with Gasteiger partial charge in [0.05, 0.1) is 18.1 Å². The summed E-state index contributed by atoms with van der Waals surface area (Å²) in [5.74, 6) is 0.890. The van der Waals surface area contributed by atoms with E-state index in [-0.39, 0.29) is 17.5 Å². The van der Waals surface area contributed by atoms with E-state index in [1.807, 2.05) is 0 Å². The third-order valence-corrected chi connectivity index (χ3v) is 5.42. The third-order valence-electron chi connectivity index (χ3n) is 5.42. The predicted octanol–water partition coefficient (Wildman–Crippen LogP) is 4.73. The van der Waals surface area contributed by atoms with Crippen molar-refractivity contribution in [2.24, 2.45) is 17.3 Å². The molecule has 0 amide bonds. The maximum absolute atomic E-state index is 13.0. The van der Waals surface area contributed by atoms with Crippen LogP contribution in [0.1, 0.15) is 78.6 Å². The number of rotatable bonds is 7. The fourth-order valence-corrected chi connectivity index (χ4v) is 4.35. The average Bonchev–Trinajstić information content (AvgIpc) is 2.96. The highest BCUT2D eigenvalue weighted by atomic mass is 16.5. The van der Waals surface area contributed by atoms with E-state index in [9.17, 15) is 4.79 Å². The van der Waals surface area contributed by atoms with Crippen molar-refractivity contribution in [1.82, 2.24) is 0 Å². The van der Waals surface area contributed by atoms with Gasteiger partial charge in [0.2, 0.25) is 0 Å². The van der Waals surface area contributed by atoms with Crippen molar-refractivity contribution in [1.29, 1.82) is 0 Å². The molecule has 2 rings (SSSR count). The van der Waals surface area contributed by atoms with Crippen molar-refractivity contribution in [2.45, 2.75) is 84.7 Å². The fourth-order valence-electron chi connectivity index (χ4n) is 4.35. The minimum Gasteiger partial charge on any atom is -0.465 e. The molecular weight excluding hydrogens is 276 g/mol. The lowest BCUT2D eigenvalue weighted by atomic mass is 9.66. The molecule has 0 heterocycles. The number of esters is 1. The summed E-state index contributed by atoms with van der Waals surface area (Å²) in [4.78, 5) is 13.0. The Morgan fingerprint density at radius 3 is 2.50 bits per heavy atom. The zero-order valence-corrected chi connectivity index (χ0v) is 14.7. The average molecular weight is 310 g/mol. The lowest BCUT2D eigenvalue weighted by Crippen LogP contribution is -2.48. The van der Waals surface area contributed by atoms with Crippen LogP contribution in [0.5, 0.6) is 0 Å². The number of hydrogen-bond donors (Lipinski definition) is 0. The standard InChI is InChI=1S/C19H34O3/c1-4-13-21-17-11-8-12-19(17,16-9-6-5-7-10-16)18(20)22-14-15(2)3/h15-17H,4-14H2,1-3H3. The topological polar surface area (TPSA) is 35.5 Å². The van der Waals surface area contributed by atoms with Gasteiger partial charge in [0.15, 0.2) is 0 Å². The molecule has 2 unspecified atom stereocenters. The molecule has 3 heteroatoms. The van der Waals surface area contributed by atoms with Crippen molar-refractivity contribution in [3.8, 4) is 0 Å². The van der Waals surface area contributed by atoms with Crippen LogP contribution in [0.4, 0.5) is 0 Å². The van der Waals surface area contributed by atoms with Gasteiger partial charge < -0.3 is 9.47 Å². The first-order valence-electron chi connectivity index (χ1n) is 9.40. The Hall–Kier alpha value is -0.570. The van der Waals surface area contributed by atoms with Crippen LogP contribution in [0.2, 0.25) is 0 Å². The molecule has 22 heavy (non-hydrogen) atoms. The summed E-state index contributed by atoms with van der Waals surface area (Å²) in [5.41, 5.74) is -0.357. The lowest BCUT2D eigenvalue weighted by Gasteiger charge is -2.41. The zero-order valence-electron chi connectivity index (χ0n) is 14.7. The van der Waals surface area contributed by atoms with Gasteiger partial charge in [-0.2, -0.15) is 0 Å². The molecular formula is C19H34O3. The summed E-state index contributed by atoms with van der Waals surface area (Å²) < 4.78 is 11.9. The van der Waals surface area contributed by atoms with E-state index in [1.54, 1.807) is 0 Å². The van der Waals surface area contributed by atoms with Gasteiger partial charge in [-0.25, -0.2) is 0 Å². The predicted molar refractivity (Wildman–Crippen MR) is 88.7 cm³/mol. The molecule has 0 aliphatic heterocycles. The summed E-state index contributed by atoms with van der Waals surface area (Å²) in [6, 6.07) is 0. The van der Waals surface area contributed by atoms with Crippen molar-refractivity contribution in [3.63, 3.8) is 0 Å². The van der Waals surface area contributed by atoms with Gasteiger partial charge in [0.1, 0.15) is 0 Å². The molecule has 0 bridgehead atoms. The molecule has 0 aromatic carbocycles. The van der Waals surface area contributed by atoms with Crippen LogP contribution < -0.4 is 0 Å². The van der Waals surface area contributed by atoms with Gasteiger partial charge >= 0.3 is 5.97 Å². The van der Waals surface area contributed by atoms with Gasteiger partial charge in [0.25, 0.3) is 0 Å². The molecule has 0 aromatic rings. The van der Waals surface area contributed by atoms with Crippen LogP contribution in [0.15, 0.2) is 0 Å². The summed E-state index contributed by atoms with van der Waals surface area (Å²) >= 11 is 0. The van der Waals surface area contributed by atoms with Crippen molar-refractivity contribution >= 4 is 5.97 Å². The van der Waals surface area contributed by atoms with E-state index >= 15 is 0 Å². The Morgan fingerprint density at radius 1 is 1.14 bits per heavy atom. The second-order valence-electron chi connectivity index (χ2n) is 7.62. The summed E-state index contributed by atoms with van der Waals surface area (Å²) in [6.07, 6.45) is 10.3. The first-order valence-corrected chi connectivity index (χ1v) is 9.40. The second-order valence-corrected chi connectivity index (χ2v) is 7.62. The van der Waals surface area contributed by atoms with E-state index in [2.05, 4.69) is 20.8 Å². The Labute approximate surface area is 136 Å². The summed E-state index contributed by atoms with van der Waals surface area (Å²) in [7, 11) is 0. The largest absolute Gasteiger partial charge is 0.465 e. The second kappa shape index (κ2) is 8.33. The maximum Gasteiger partial charge on any atom is 0.315 e. The van der Waals surface area contributed by atoms with E-state index in [0.717, 1.165) is 32.3 Å². The number of hydrogen-bond acceptors (Lipinski definition) is 3. The Morgan fingerprint density at radius 2 is 1.86 bits per heavy atom. The van der Waals surface area contributed by atoms with Gasteiger partial charge in [-0.3, -0.25) is 4.79 Å². The van der Waals surface area contributed by atoms with Crippen molar-refractivity contribution in [2.75, 3.05) is 13.2 Å². The normalized spacial score (nSPS) is 29.9.